The third-order valence-corrected chi connectivity index (χ3v) is 6.93. The molecule has 3 heterocycles. The van der Waals surface area contributed by atoms with Gasteiger partial charge >= 0.3 is 0 Å². The van der Waals surface area contributed by atoms with Crippen molar-refractivity contribution in [1.82, 2.24) is 10.3 Å². The van der Waals surface area contributed by atoms with Gasteiger partial charge in [-0.3, -0.25) is 10.1 Å². The van der Waals surface area contributed by atoms with Crippen molar-refractivity contribution in [3.63, 3.8) is 0 Å². The molecule has 0 spiro atoms. The van der Waals surface area contributed by atoms with Gasteiger partial charge in [0.25, 0.3) is 5.91 Å². The molecule has 6 nitrogen and oxygen atoms in total. The lowest BCUT2D eigenvalue weighted by molar-refractivity contribution is -0.116. The van der Waals surface area contributed by atoms with E-state index < -0.39 is 6.17 Å². The first-order valence-electron chi connectivity index (χ1n) is 11.5. The number of thioether (sulfide) groups is 1. The van der Waals surface area contributed by atoms with Crippen molar-refractivity contribution < 1.29 is 9.21 Å². The summed E-state index contributed by atoms with van der Waals surface area (Å²) in [5.74, 6) is 2.01. The number of hydrogen-bond donors (Lipinski definition) is 1. The number of amides is 1. The first kappa shape index (κ1) is 22.7. The van der Waals surface area contributed by atoms with Crippen molar-refractivity contribution in [3.8, 4) is 11.3 Å². The lowest BCUT2D eigenvalue weighted by atomic mass is 10.1. The van der Waals surface area contributed by atoms with Crippen LogP contribution in [0.1, 0.15) is 44.5 Å². The smallest absolute Gasteiger partial charge is 0.276 e. The highest BCUT2D eigenvalue weighted by molar-refractivity contribution is 8.13. The molecular weight excluding hydrogens is 468 g/mol. The Kier molecular flexibility index (Phi) is 6.74. The molecule has 1 aromatic heterocycles. The lowest BCUT2D eigenvalue weighted by Crippen LogP contribution is -2.50. The highest BCUT2D eigenvalue weighted by Crippen LogP contribution is 2.34. The first-order chi connectivity index (χ1) is 16.6. The number of rotatable bonds is 7. The summed E-state index contributed by atoms with van der Waals surface area (Å²) < 4.78 is 6.21. The molecule has 0 bridgehead atoms. The summed E-state index contributed by atoms with van der Waals surface area (Å²) in [6, 6.07) is 18.9. The number of amidine groups is 1. The fraction of sp³-hybridized carbons (Fsp3) is 0.269. The minimum absolute atomic E-state index is 0.181. The molecule has 0 radical (unpaired) electrons. The van der Waals surface area contributed by atoms with Gasteiger partial charge in [0.1, 0.15) is 11.5 Å². The predicted molar refractivity (Wildman–Crippen MR) is 137 cm³/mol. The van der Waals surface area contributed by atoms with Crippen LogP contribution in [0.25, 0.3) is 17.0 Å². The highest BCUT2D eigenvalue weighted by Gasteiger charge is 2.35. The van der Waals surface area contributed by atoms with Crippen molar-refractivity contribution >= 4 is 40.1 Å². The number of benzene rings is 2. The zero-order valence-electron chi connectivity index (χ0n) is 18.8. The van der Waals surface area contributed by atoms with E-state index in [0.717, 1.165) is 28.3 Å². The minimum atomic E-state index is -0.584. The van der Waals surface area contributed by atoms with Crippen LogP contribution in [0, 0.1) is 0 Å². The molecule has 2 aliphatic heterocycles. The van der Waals surface area contributed by atoms with Crippen molar-refractivity contribution in [2.24, 2.45) is 10.1 Å². The largest absolute Gasteiger partial charge is 0.457 e. The van der Waals surface area contributed by atoms with Gasteiger partial charge in [-0.15, -0.1) is 5.10 Å². The van der Waals surface area contributed by atoms with E-state index in [1.807, 2.05) is 60.7 Å². The standard InChI is InChI=1S/C26H25ClN4O2S/c1-2-3-4-7-15-34-26-29-25(32)23-19-11-5-6-12-20(19)28-24(31(23)30-26)22-14-13-21(33-22)17-9-8-10-18(27)16-17/h5-6,8-14,16,24H,2-4,7,15H2,1H3,(H,29,30,32)/t24-/m1/s1. The van der Waals surface area contributed by atoms with Crippen LogP contribution in [0.15, 0.2) is 75.2 Å². The van der Waals surface area contributed by atoms with Gasteiger partial charge in [-0.25, -0.2) is 10.0 Å². The Hall–Kier alpha value is -3.03. The normalized spacial score (nSPS) is 16.9. The molecule has 1 atom stereocenters. The second-order valence-electron chi connectivity index (χ2n) is 8.19. The zero-order valence-corrected chi connectivity index (χ0v) is 20.4. The summed E-state index contributed by atoms with van der Waals surface area (Å²) in [6.07, 6.45) is 4.09. The molecule has 1 amide bonds. The molecule has 8 heteroatoms. The maximum Gasteiger partial charge on any atom is 0.276 e. The highest BCUT2D eigenvalue weighted by atomic mass is 35.5. The second-order valence-corrected chi connectivity index (χ2v) is 9.71. The molecule has 5 rings (SSSR count). The number of halogens is 1. The molecule has 0 saturated heterocycles. The Morgan fingerprint density at radius 1 is 1.09 bits per heavy atom. The molecule has 0 aliphatic carbocycles. The van der Waals surface area contributed by atoms with Crippen LogP contribution in [0.3, 0.4) is 0 Å². The van der Waals surface area contributed by atoms with Crippen LogP contribution >= 0.6 is 23.4 Å². The maximum atomic E-state index is 13.2. The van der Waals surface area contributed by atoms with Crippen molar-refractivity contribution in [1.29, 1.82) is 0 Å². The molecule has 34 heavy (non-hydrogen) atoms. The van der Waals surface area contributed by atoms with E-state index in [9.17, 15) is 4.79 Å². The number of nitrogens with zero attached hydrogens (tertiary/aromatic N) is 3. The fourth-order valence-corrected chi connectivity index (χ4v) is 5.11. The number of hydrogen-bond acceptors (Lipinski definition) is 6. The third-order valence-electron chi connectivity index (χ3n) is 5.74. The lowest BCUT2D eigenvalue weighted by Gasteiger charge is -2.32. The number of carbonyl (C=O) groups is 1. The summed E-state index contributed by atoms with van der Waals surface area (Å²) in [6.45, 7) is 2.19. The number of hydrazone groups is 1. The molecule has 0 saturated carbocycles. The van der Waals surface area contributed by atoms with E-state index in [-0.39, 0.29) is 5.91 Å². The molecule has 0 unspecified atom stereocenters. The molecule has 0 fully saturated rings. The fourth-order valence-electron chi connectivity index (χ4n) is 4.06. The average Bonchev–Trinajstić information content (AvgIpc) is 3.33. The van der Waals surface area contributed by atoms with Crippen molar-refractivity contribution in [2.45, 2.75) is 38.8 Å². The number of fused-ring (bicyclic) bond motifs is 2. The van der Waals surface area contributed by atoms with Crippen LogP contribution in [0.4, 0.5) is 0 Å². The van der Waals surface area contributed by atoms with E-state index in [1.165, 1.54) is 19.3 Å². The number of unbranched alkanes of at least 4 members (excludes halogenated alkanes) is 3. The molecule has 3 aromatic rings. The van der Waals surface area contributed by atoms with Crippen LogP contribution in [0.5, 0.6) is 0 Å². The maximum absolute atomic E-state index is 13.2. The van der Waals surface area contributed by atoms with E-state index in [1.54, 1.807) is 16.8 Å². The van der Waals surface area contributed by atoms with Crippen LogP contribution in [-0.4, -0.2) is 21.8 Å². The van der Waals surface area contributed by atoms with E-state index in [0.29, 0.717) is 27.4 Å². The summed E-state index contributed by atoms with van der Waals surface area (Å²) in [5, 5.41) is 12.2. The second kappa shape index (κ2) is 10.1. The van der Waals surface area contributed by atoms with E-state index in [2.05, 4.69) is 12.2 Å². The van der Waals surface area contributed by atoms with Crippen LogP contribution < -0.4 is 15.9 Å². The molecule has 1 N–H and O–H groups in total. The van der Waals surface area contributed by atoms with Gasteiger partial charge in [-0.2, -0.15) is 0 Å². The SMILES string of the molecule is CCCCCCSC1=NN2C(=c3ccccc3=N[C@H]2c2ccc(-c3cccc(Cl)c3)o2)C(=O)N1. The Morgan fingerprint density at radius 2 is 1.97 bits per heavy atom. The summed E-state index contributed by atoms with van der Waals surface area (Å²) in [4.78, 5) is 18.1. The number of para-hydroxylation sites is 1. The zero-order chi connectivity index (χ0) is 23.5. The summed E-state index contributed by atoms with van der Waals surface area (Å²) >= 11 is 7.73. The van der Waals surface area contributed by atoms with Crippen LogP contribution in [0.2, 0.25) is 5.02 Å². The average molecular weight is 493 g/mol. The van der Waals surface area contributed by atoms with E-state index >= 15 is 0 Å². The quantitative estimate of drug-likeness (QED) is 0.468. The Balaban J connectivity index is 1.50. The Bertz CT molecular complexity index is 1370. The van der Waals surface area contributed by atoms with Gasteiger partial charge in [0.15, 0.2) is 10.9 Å². The number of nitrogens with one attached hydrogen (secondary N) is 1. The summed E-state index contributed by atoms with van der Waals surface area (Å²) in [7, 11) is 0. The monoisotopic (exact) mass is 492 g/mol. The Labute approximate surface area is 207 Å². The number of carbonyl (C=O) groups excluding carboxylic acids is 1. The van der Waals surface area contributed by atoms with Crippen LogP contribution in [-0.2, 0) is 4.79 Å². The minimum Gasteiger partial charge on any atom is -0.457 e. The van der Waals surface area contributed by atoms with Crippen molar-refractivity contribution in [2.75, 3.05) is 5.75 Å². The predicted octanol–water partition coefficient (Wildman–Crippen LogP) is 5.06. The van der Waals surface area contributed by atoms with Crippen molar-refractivity contribution in [3.05, 3.63) is 82.0 Å². The van der Waals surface area contributed by atoms with Gasteiger partial charge < -0.3 is 4.42 Å². The van der Waals surface area contributed by atoms with E-state index in [4.69, 9.17) is 26.1 Å². The first-order valence-corrected chi connectivity index (χ1v) is 12.9. The topological polar surface area (TPSA) is 70.2 Å². The molecule has 2 aromatic carbocycles. The molecule has 174 valence electrons. The van der Waals surface area contributed by atoms with Gasteiger partial charge in [0.05, 0.1) is 5.36 Å². The Morgan fingerprint density at radius 3 is 2.82 bits per heavy atom. The van der Waals surface area contributed by atoms with Gasteiger partial charge in [-0.05, 0) is 36.8 Å². The van der Waals surface area contributed by atoms with Gasteiger partial charge in [0, 0.05) is 21.6 Å². The molecule has 2 aliphatic rings. The van der Waals surface area contributed by atoms with Gasteiger partial charge in [0.2, 0.25) is 6.17 Å². The van der Waals surface area contributed by atoms with Gasteiger partial charge in [-0.1, -0.05) is 79.9 Å². The summed E-state index contributed by atoms with van der Waals surface area (Å²) in [5.41, 5.74) is 1.36. The number of furan rings is 1. The molecular formula is C26H25ClN4O2S. The third kappa shape index (κ3) is 4.63.